The number of para-hydroxylation sites is 1. The molecule has 0 spiro atoms. The molecule has 1 aliphatic heterocycles. The minimum Gasteiger partial charge on any atom is -0.484 e. The van der Waals surface area contributed by atoms with Gasteiger partial charge in [-0.25, -0.2) is 4.98 Å². The van der Waals surface area contributed by atoms with Crippen LogP contribution in [0.2, 0.25) is 5.02 Å². The number of fused-ring (bicyclic) bond motifs is 1. The number of nitrogens with zero attached hydrogens (tertiary/aromatic N) is 2. The lowest BCUT2D eigenvalue weighted by Gasteiger charge is -2.23. The number of thiazole rings is 1. The Balaban J connectivity index is 1.53. The topological polar surface area (TPSA) is 51.7 Å². The Hall–Kier alpha value is -2.15. The van der Waals surface area contributed by atoms with E-state index in [1.54, 1.807) is 29.2 Å². The molecule has 0 radical (unpaired) electrons. The van der Waals surface area contributed by atoms with Crippen molar-refractivity contribution in [2.24, 2.45) is 0 Å². The highest BCUT2D eigenvalue weighted by Crippen LogP contribution is 2.30. The summed E-state index contributed by atoms with van der Waals surface area (Å²) >= 11 is 7.48. The summed E-state index contributed by atoms with van der Waals surface area (Å²) in [6.45, 7) is 1.14. The predicted octanol–water partition coefficient (Wildman–Crippen LogP) is 4.54. The highest BCUT2D eigenvalue weighted by Gasteiger charge is 2.26. The van der Waals surface area contributed by atoms with Gasteiger partial charge in [-0.15, -0.1) is 0 Å². The molecule has 27 heavy (non-hydrogen) atoms. The number of carbonyl (C=O) groups is 1. The zero-order chi connectivity index (χ0) is 18.6. The largest absolute Gasteiger partial charge is 0.484 e. The number of hydrogen-bond acceptors (Lipinski definition) is 5. The third kappa shape index (κ3) is 4.40. The number of hydrogen-bond donors (Lipinski definition) is 0. The molecule has 140 valence electrons. The van der Waals surface area contributed by atoms with Gasteiger partial charge in [-0.2, -0.15) is 0 Å². The monoisotopic (exact) mass is 402 g/mol. The van der Waals surface area contributed by atoms with E-state index in [0.717, 1.165) is 29.7 Å². The van der Waals surface area contributed by atoms with Crippen molar-refractivity contribution in [1.29, 1.82) is 0 Å². The van der Waals surface area contributed by atoms with Crippen molar-refractivity contribution < 1.29 is 14.3 Å². The van der Waals surface area contributed by atoms with Gasteiger partial charge >= 0.3 is 0 Å². The van der Waals surface area contributed by atoms with Crippen LogP contribution in [0.5, 0.6) is 5.75 Å². The van der Waals surface area contributed by atoms with E-state index in [-0.39, 0.29) is 18.6 Å². The molecule has 1 amide bonds. The number of halogens is 1. The quantitative estimate of drug-likeness (QED) is 0.607. The van der Waals surface area contributed by atoms with E-state index in [9.17, 15) is 4.79 Å². The SMILES string of the molecule is O=C(COc1cccc(Cl)c1)N(CC1CCCO1)c1nc2ccccc2s1. The Labute approximate surface area is 166 Å². The summed E-state index contributed by atoms with van der Waals surface area (Å²) in [4.78, 5) is 19.3. The van der Waals surface area contributed by atoms with Crippen molar-refractivity contribution in [3.8, 4) is 5.75 Å². The first kappa shape index (κ1) is 18.2. The fraction of sp³-hybridized carbons (Fsp3) is 0.300. The first-order valence-corrected chi connectivity index (χ1v) is 10.0. The van der Waals surface area contributed by atoms with Crippen LogP contribution in [0.4, 0.5) is 5.13 Å². The van der Waals surface area contributed by atoms with Gasteiger partial charge in [0, 0.05) is 11.6 Å². The van der Waals surface area contributed by atoms with Crippen LogP contribution in [0.15, 0.2) is 48.5 Å². The van der Waals surface area contributed by atoms with Crippen LogP contribution in [-0.2, 0) is 9.53 Å². The number of amides is 1. The lowest BCUT2D eigenvalue weighted by atomic mass is 10.2. The standard InChI is InChI=1S/C20H19ClN2O3S/c21-14-5-3-6-15(11-14)26-13-19(24)23(12-16-7-4-10-25-16)20-22-17-8-1-2-9-18(17)27-20/h1-3,5-6,8-9,11,16H,4,7,10,12-13H2. The van der Waals surface area contributed by atoms with Gasteiger partial charge in [-0.3, -0.25) is 9.69 Å². The Morgan fingerprint density at radius 3 is 2.96 bits per heavy atom. The molecule has 1 aromatic heterocycles. The smallest absolute Gasteiger partial charge is 0.266 e. The van der Waals surface area contributed by atoms with E-state index >= 15 is 0 Å². The van der Waals surface area contributed by atoms with Gasteiger partial charge in [0.15, 0.2) is 11.7 Å². The molecule has 7 heteroatoms. The van der Waals surface area contributed by atoms with E-state index in [1.807, 2.05) is 24.3 Å². The molecule has 1 saturated heterocycles. The first-order chi connectivity index (χ1) is 13.2. The lowest BCUT2D eigenvalue weighted by molar-refractivity contribution is -0.120. The number of ether oxygens (including phenoxy) is 2. The zero-order valence-corrected chi connectivity index (χ0v) is 16.2. The Kier molecular flexibility index (Phi) is 5.57. The number of carbonyl (C=O) groups excluding carboxylic acids is 1. The van der Waals surface area contributed by atoms with Crippen molar-refractivity contribution in [2.45, 2.75) is 18.9 Å². The van der Waals surface area contributed by atoms with Crippen LogP contribution >= 0.6 is 22.9 Å². The van der Waals surface area contributed by atoms with Crippen molar-refractivity contribution >= 4 is 44.2 Å². The maximum atomic E-state index is 12.9. The second-order valence-electron chi connectivity index (χ2n) is 6.35. The molecule has 2 aromatic carbocycles. The van der Waals surface area contributed by atoms with Crippen LogP contribution in [0.25, 0.3) is 10.2 Å². The van der Waals surface area contributed by atoms with Gasteiger partial charge < -0.3 is 9.47 Å². The fourth-order valence-electron chi connectivity index (χ4n) is 3.03. The second-order valence-corrected chi connectivity index (χ2v) is 7.80. The molecular formula is C20H19ClN2O3S. The summed E-state index contributed by atoms with van der Waals surface area (Å²) in [6, 6.07) is 14.9. The van der Waals surface area contributed by atoms with Gasteiger partial charge in [-0.1, -0.05) is 41.1 Å². The van der Waals surface area contributed by atoms with Crippen LogP contribution in [0.3, 0.4) is 0 Å². The van der Waals surface area contributed by atoms with Gasteiger partial charge in [0.25, 0.3) is 5.91 Å². The van der Waals surface area contributed by atoms with Crippen LogP contribution in [0, 0.1) is 0 Å². The molecule has 4 rings (SSSR count). The second kappa shape index (κ2) is 8.25. The fourth-order valence-corrected chi connectivity index (χ4v) is 4.21. The molecule has 1 unspecified atom stereocenters. The summed E-state index contributed by atoms with van der Waals surface area (Å²) < 4.78 is 12.4. The number of rotatable bonds is 6. The third-order valence-electron chi connectivity index (χ3n) is 4.38. The molecule has 1 atom stereocenters. The number of anilines is 1. The van der Waals surface area contributed by atoms with Gasteiger partial charge in [0.1, 0.15) is 5.75 Å². The number of aromatic nitrogens is 1. The Bertz CT molecular complexity index is 907. The molecule has 1 aliphatic rings. The Morgan fingerprint density at radius 1 is 1.30 bits per heavy atom. The molecule has 0 aliphatic carbocycles. The third-order valence-corrected chi connectivity index (χ3v) is 5.68. The molecule has 2 heterocycles. The van der Waals surface area contributed by atoms with Crippen LogP contribution in [0.1, 0.15) is 12.8 Å². The molecule has 3 aromatic rings. The zero-order valence-electron chi connectivity index (χ0n) is 14.6. The van der Waals surface area contributed by atoms with Crippen LogP contribution < -0.4 is 9.64 Å². The van der Waals surface area contributed by atoms with E-state index in [4.69, 9.17) is 21.1 Å². The average molecular weight is 403 g/mol. The summed E-state index contributed by atoms with van der Waals surface area (Å²) in [6.07, 6.45) is 2.00. The Morgan fingerprint density at radius 2 is 2.19 bits per heavy atom. The normalized spacial score (nSPS) is 16.6. The van der Waals surface area contributed by atoms with E-state index in [0.29, 0.717) is 22.4 Å². The van der Waals surface area contributed by atoms with Crippen molar-refractivity contribution in [3.05, 3.63) is 53.6 Å². The summed E-state index contributed by atoms with van der Waals surface area (Å²) in [7, 11) is 0. The molecule has 0 N–H and O–H groups in total. The minimum atomic E-state index is -0.149. The van der Waals surface area contributed by atoms with Crippen molar-refractivity contribution in [3.63, 3.8) is 0 Å². The van der Waals surface area contributed by atoms with E-state index in [1.165, 1.54) is 11.3 Å². The molecule has 1 fully saturated rings. The summed E-state index contributed by atoms with van der Waals surface area (Å²) in [5, 5.41) is 1.24. The first-order valence-electron chi connectivity index (χ1n) is 8.85. The highest BCUT2D eigenvalue weighted by atomic mass is 35.5. The lowest BCUT2D eigenvalue weighted by Crippen LogP contribution is -2.40. The van der Waals surface area contributed by atoms with E-state index < -0.39 is 0 Å². The van der Waals surface area contributed by atoms with Crippen molar-refractivity contribution in [1.82, 2.24) is 4.98 Å². The average Bonchev–Trinajstić information content (AvgIpc) is 3.33. The molecular weight excluding hydrogens is 384 g/mol. The molecule has 0 bridgehead atoms. The maximum Gasteiger partial charge on any atom is 0.266 e. The summed E-state index contributed by atoms with van der Waals surface area (Å²) in [5.74, 6) is 0.418. The number of benzene rings is 2. The van der Waals surface area contributed by atoms with Crippen molar-refractivity contribution in [2.75, 3.05) is 24.7 Å². The van der Waals surface area contributed by atoms with Gasteiger partial charge in [-0.05, 0) is 43.2 Å². The molecule has 0 saturated carbocycles. The molecule has 5 nitrogen and oxygen atoms in total. The van der Waals surface area contributed by atoms with E-state index in [2.05, 4.69) is 4.98 Å². The summed E-state index contributed by atoms with van der Waals surface area (Å²) in [5.41, 5.74) is 0.887. The maximum absolute atomic E-state index is 12.9. The highest BCUT2D eigenvalue weighted by molar-refractivity contribution is 7.22. The van der Waals surface area contributed by atoms with Gasteiger partial charge in [0.2, 0.25) is 0 Å². The predicted molar refractivity (Wildman–Crippen MR) is 108 cm³/mol. The van der Waals surface area contributed by atoms with Crippen LogP contribution in [-0.4, -0.2) is 36.8 Å². The minimum absolute atomic E-state index is 0.0344. The van der Waals surface area contributed by atoms with Gasteiger partial charge in [0.05, 0.1) is 22.9 Å².